The summed E-state index contributed by atoms with van der Waals surface area (Å²) < 4.78 is 33.1. The molecule has 0 aliphatic heterocycles. The van der Waals surface area contributed by atoms with Crippen molar-refractivity contribution in [2.45, 2.75) is 31.3 Å². The number of rotatable bonds is 7. The third-order valence-corrected chi connectivity index (χ3v) is 5.99. The quantitative estimate of drug-likeness (QED) is 0.462. The fourth-order valence-corrected chi connectivity index (χ4v) is 4.06. The number of benzene rings is 2. The van der Waals surface area contributed by atoms with Crippen LogP contribution in [0, 0.1) is 0 Å². The number of amides is 1. The Balaban J connectivity index is 0.00000408. The van der Waals surface area contributed by atoms with Crippen LogP contribution >= 0.6 is 11.6 Å². The van der Waals surface area contributed by atoms with Crippen molar-refractivity contribution in [2.75, 3.05) is 6.61 Å². The number of aromatic nitrogens is 2. The molecular weight excluding hydrogens is 493 g/mol. The van der Waals surface area contributed by atoms with Crippen molar-refractivity contribution >= 4 is 57.1 Å². The molecule has 3 aromatic rings. The van der Waals surface area contributed by atoms with Gasteiger partial charge in [-0.3, -0.25) is 9.59 Å². The number of sulfonamides is 1. The molecule has 0 saturated heterocycles. The Kier molecular flexibility index (Phi) is 9.09. The molecular formula is C22H22ClN3NaO6S. The standard InChI is InChI=1S/C22H22ClN3O6S.Na/c1-14(27)25-33(30,31)18-9-7-15(8-10-18)19-12-24-26(17-6-4-5-16(23)11-17)21(28)20(19)32-13-22(2,3)29;/h4-12,29H,13H2,1-3H3,(H,25,27);. The van der Waals surface area contributed by atoms with Gasteiger partial charge in [0, 0.05) is 47.1 Å². The summed E-state index contributed by atoms with van der Waals surface area (Å²) in [6.07, 6.45) is 1.40. The fourth-order valence-electron chi connectivity index (χ4n) is 2.89. The van der Waals surface area contributed by atoms with E-state index in [1.807, 2.05) is 4.72 Å². The van der Waals surface area contributed by atoms with E-state index in [2.05, 4.69) is 5.10 Å². The minimum absolute atomic E-state index is 0. The van der Waals surface area contributed by atoms with E-state index in [0.717, 1.165) is 11.6 Å². The Morgan fingerprint density at radius 1 is 1.21 bits per heavy atom. The van der Waals surface area contributed by atoms with Crippen LogP contribution in [0.1, 0.15) is 20.8 Å². The normalized spacial score (nSPS) is 11.4. The molecule has 0 bridgehead atoms. The van der Waals surface area contributed by atoms with Crippen molar-refractivity contribution in [3.8, 4) is 22.6 Å². The third-order valence-electron chi connectivity index (χ3n) is 4.31. The molecule has 0 atom stereocenters. The first-order chi connectivity index (χ1) is 15.4. The number of carbonyl (C=O) groups is 1. The molecule has 0 fully saturated rings. The molecule has 0 aliphatic rings. The van der Waals surface area contributed by atoms with Crippen molar-refractivity contribution in [1.82, 2.24) is 14.5 Å². The maximum atomic E-state index is 13.2. The molecule has 1 heterocycles. The summed E-state index contributed by atoms with van der Waals surface area (Å²) in [4.78, 5) is 24.3. The van der Waals surface area contributed by atoms with Gasteiger partial charge in [-0.2, -0.15) is 9.78 Å². The van der Waals surface area contributed by atoms with Gasteiger partial charge < -0.3 is 9.84 Å². The smallest absolute Gasteiger partial charge is 0.314 e. The Hall–Kier alpha value is -2.21. The zero-order chi connectivity index (χ0) is 24.4. The van der Waals surface area contributed by atoms with E-state index in [1.54, 1.807) is 24.3 Å². The number of aliphatic hydroxyl groups is 1. The van der Waals surface area contributed by atoms with Gasteiger partial charge in [-0.1, -0.05) is 29.8 Å². The maximum Gasteiger partial charge on any atom is 0.314 e. The molecule has 12 heteroatoms. The average molecular weight is 515 g/mol. The van der Waals surface area contributed by atoms with Crippen molar-refractivity contribution < 1.29 is 23.1 Å². The van der Waals surface area contributed by atoms with E-state index in [9.17, 15) is 23.1 Å². The van der Waals surface area contributed by atoms with Crippen molar-refractivity contribution in [1.29, 1.82) is 0 Å². The summed E-state index contributed by atoms with van der Waals surface area (Å²) in [6, 6.07) is 12.1. The van der Waals surface area contributed by atoms with Crippen LogP contribution in [0.5, 0.6) is 5.75 Å². The van der Waals surface area contributed by atoms with Gasteiger partial charge in [0.1, 0.15) is 6.61 Å². The SMILES string of the molecule is CC(=O)NS(=O)(=O)c1ccc(-c2cnn(-c3cccc(Cl)c3)c(=O)c2OCC(C)(C)O)cc1.[Na]. The molecule has 0 spiro atoms. The third kappa shape index (κ3) is 6.91. The summed E-state index contributed by atoms with van der Waals surface area (Å²) in [5.41, 5.74) is -0.640. The summed E-state index contributed by atoms with van der Waals surface area (Å²) in [6.45, 7) is 3.98. The number of ether oxygens (including phenoxy) is 1. The summed E-state index contributed by atoms with van der Waals surface area (Å²) in [5, 5.41) is 14.7. The molecule has 2 aromatic carbocycles. The second kappa shape index (κ2) is 11.0. The molecule has 1 aromatic heterocycles. The number of hydrogen-bond donors (Lipinski definition) is 2. The molecule has 2 N–H and O–H groups in total. The van der Waals surface area contributed by atoms with E-state index in [0.29, 0.717) is 21.8 Å². The van der Waals surface area contributed by atoms with Gasteiger partial charge in [0.25, 0.3) is 10.0 Å². The van der Waals surface area contributed by atoms with E-state index in [1.165, 1.54) is 44.3 Å². The van der Waals surface area contributed by atoms with Crippen molar-refractivity contribution in [3.05, 3.63) is 70.1 Å². The molecule has 1 radical (unpaired) electrons. The Morgan fingerprint density at radius 3 is 2.41 bits per heavy atom. The van der Waals surface area contributed by atoms with Gasteiger partial charge in [-0.25, -0.2) is 13.1 Å². The maximum absolute atomic E-state index is 13.2. The Morgan fingerprint density at radius 2 is 1.85 bits per heavy atom. The Labute approximate surface area is 224 Å². The first kappa shape index (κ1) is 28.0. The summed E-state index contributed by atoms with van der Waals surface area (Å²) in [7, 11) is -4.01. The minimum atomic E-state index is -4.01. The molecule has 175 valence electrons. The topological polar surface area (TPSA) is 128 Å². The minimum Gasteiger partial charge on any atom is -0.484 e. The van der Waals surface area contributed by atoms with Crippen LogP contribution in [0.4, 0.5) is 0 Å². The molecule has 3 rings (SSSR count). The first-order valence-electron chi connectivity index (χ1n) is 9.75. The van der Waals surface area contributed by atoms with Gasteiger partial charge >= 0.3 is 5.56 Å². The van der Waals surface area contributed by atoms with E-state index < -0.39 is 27.1 Å². The molecule has 34 heavy (non-hydrogen) atoms. The summed E-state index contributed by atoms with van der Waals surface area (Å²) >= 11 is 6.04. The summed E-state index contributed by atoms with van der Waals surface area (Å²) in [5.74, 6) is -0.792. The molecule has 0 aliphatic carbocycles. The van der Waals surface area contributed by atoms with Crippen LogP contribution in [0.15, 0.2) is 64.4 Å². The van der Waals surface area contributed by atoms with Crippen LogP contribution in [0.25, 0.3) is 16.8 Å². The van der Waals surface area contributed by atoms with Gasteiger partial charge in [0.15, 0.2) is 5.75 Å². The van der Waals surface area contributed by atoms with E-state index in [-0.39, 0.29) is 46.8 Å². The van der Waals surface area contributed by atoms with Gasteiger partial charge in [0.2, 0.25) is 5.91 Å². The molecule has 9 nitrogen and oxygen atoms in total. The van der Waals surface area contributed by atoms with E-state index in [4.69, 9.17) is 16.3 Å². The van der Waals surface area contributed by atoms with Gasteiger partial charge in [-0.15, -0.1) is 0 Å². The monoisotopic (exact) mass is 514 g/mol. The van der Waals surface area contributed by atoms with Crippen LogP contribution in [-0.2, 0) is 14.8 Å². The van der Waals surface area contributed by atoms with Gasteiger partial charge in [-0.05, 0) is 49.7 Å². The predicted octanol–water partition coefficient (Wildman–Crippen LogP) is 2.15. The van der Waals surface area contributed by atoms with Crippen molar-refractivity contribution in [3.63, 3.8) is 0 Å². The predicted molar refractivity (Wildman–Crippen MR) is 129 cm³/mol. The molecule has 0 saturated carbocycles. The zero-order valence-electron chi connectivity index (χ0n) is 19.1. The number of nitrogens with one attached hydrogen (secondary N) is 1. The largest absolute Gasteiger partial charge is 0.484 e. The molecule has 0 unspecified atom stereocenters. The Bertz CT molecular complexity index is 1350. The average Bonchev–Trinajstić information content (AvgIpc) is 2.71. The second-order valence-electron chi connectivity index (χ2n) is 7.87. The number of nitrogens with zero attached hydrogens (tertiary/aromatic N) is 2. The van der Waals surface area contributed by atoms with Gasteiger partial charge in [0.05, 0.1) is 22.4 Å². The van der Waals surface area contributed by atoms with Crippen LogP contribution in [0.3, 0.4) is 0 Å². The van der Waals surface area contributed by atoms with Crippen LogP contribution in [0.2, 0.25) is 5.02 Å². The number of hydrogen-bond acceptors (Lipinski definition) is 7. The number of carbonyl (C=O) groups excluding carboxylic acids is 1. The zero-order valence-corrected chi connectivity index (χ0v) is 22.6. The van der Waals surface area contributed by atoms with Crippen LogP contribution < -0.4 is 15.0 Å². The fraction of sp³-hybridized carbons (Fsp3) is 0.227. The number of halogens is 1. The van der Waals surface area contributed by atoms with E-state index >= 15 is 0 Å². The van der Waals surface area contributed by atoms with Crippen LogP contribution in [-0.4, -0.2) is 71.0 Å². The first-order valence-corrected chi connectivity index (χ1v) is 11.6. The second-order valence-corrected chi connectivity index (χ2v) is 9.99. The molecule has 1 amide bonds. The van der Waals surface area contributed by atoms with Crippen molar-refractivity contribution in [2.24, 2.45) is 0 Å².